The van der Waals surface area contributed by atoms with Crippen LogP contribution in [0.4, 0.5) is 5.13 Å². The molecule has 176 valence electrons. The number of Topliss-reactive ketones (excluding diaryl/α,β-unsaturated/α-hetero) is 1. The van der Waals surface area contributed by atoms with Crippen molar-refractivity contribution in [3.63, 3.8) is 0 Å². The molecule has 1 aliphatic rings. The molecule has 0 aliphatic carbocycles. The number of carbonyl (C=O) groups is 2. The average molecular weight is 485 g/mol. The Morgan fingerprint density at radius 2 is 1.83 bits per heavy atom. The normalized spacial score (nSPS) is 17.3. The molecular formula is C28H24N2O4S. The van der Waals surface area contributed by atoms with Gasteiger partial charge in [-0.05, 0) is 37.1 Å². The summed E-state index contributed by atoms with van der Waals surface area (Å²) >= 11 is 1.35. The SMILES string of the molecule is CCc1ccc2nc(N3C(=O)C(=O)/C(=C(/O)c4ccc(C)cc4)[C@H]3c3ccccc3OC)sc2c1. The average Bonchev–Trinajstić information content (AvgIpc) is 3.41. The molecule has 2 heterocycles. The number of aryl methyl sites for hydroxylation is 2. The Hall–Kier alpha value is -3.97. The van der Waals surface area contributed by atoms with E-state index in [0.717, 1.165) is 27.8 Å². The van der Waals surface area contributed by atoms with Gasteiger partial charge in [-0.15, -0.1) is 0 Å². The number of aromatic nitrogens is 1. The number of hydrogen-bond donors (Lipinski definition) is 1. The second kappa shape index (κ2) is 9.00. The van der Waals surface area contributed by atoms with Gasteiger partial charge in [0, 0.05) is 11.1 Å². The van der Waals surface area contributed by atoms with Crippen LogP contribution in [0.5, 0.6) is 5.75 Å². The van der Waals surface area contributed by atoms with E-state index in [1.807, 2.05) is 43.3 Å². The van der Waals surface area contributed by atoms with Crippen LogP contribution in [0.3, 0.4) is 0 Å². The van der Waals surface area contributed by atoms with Crippen LogP contribution in [-0.2, 0) is 16.0 Å². The molecule has 4 aromatic rings. The minimum atomic E-state index is -0.890. The van der Waals surface area contributed by atoms with Gasteiger partial charge in [0.15, 0.2) is 5.13 Å². The van der Waals surface area contributed by atoms with E-state index in [4.69, 9.17) is 9.72 Å². The summed E-state index contributed by atoms with van der Waals surface area (Å²) in [5.41, 5.74) is 4.00. The number of aliphatic hydroxyl groups excluding tert-OH is 1. The van der Waals surface area contributed by atoms with Crippen molar-refractivity contribution in [2.75, 3.05) is 12.0 Å². The van der Waals surface area contributed by atoms with Crippen molar-refractivity contribution in [2.45, 2.75) is 26.3 Å². The van der Waals surface area contributed by atoms with Crippen molar-refractivity contribution >= 4 is 44.1 Å². The van der Waals surface area contributed by atoms with Gasteiger partial charge in [0.05, 0.1) is 22.9 Å². The fraction of sp³-hybridized carbons (Fsp3) is 0.179. The first-order valence-corrected chi connectivity index (χ1v) is 12.1. The molecule has 1 saturated heterocycles. The summed E-state index contributed by atoms with van der Waals surface area (Å²) in [5.74, 6) is -1.21. The number of para-hydroxylation sites is 1. The first kappa shape index (κ1) is 22.8. The number of benzene rings is 3. The van der Waals surface area contributed by atoms with Gasteiger partial charge >= 0.3 is 5.91 Å². The Morgan fingerprint density at radius 1 is 1.09 bits per heavy atom. The lowest BCUT2D eigenvalue weighted by Crippen LogP contribution is -2.29. The summed E-state index contributed by atoms with van der Waals surface area (Å²) in [7, 11) is 1.54. The van der Waals surface area contributed by atoms with Gasteiger partial charge in [0.1, 0.15) is 17.6 Å². The van der Waals surface area contributed by atoms with E-state index in [9.17, 15) is 14.7 Å². The number of methoxy groups -OCH3 is 1. The topological polar surface area (TPSA) is 79.7 Å². The summed E-state index contributed by atoms with van der Waals surface area (Å²) in [6.07, 6.45) is 0.880. The highest BCUT2D eigenvalue weighted by Crippen LogP contribution is 2.46. The Morgan fingerprint density at radius 3 is 2.54 bits per heavy atom. The zero-order chi connectivity index (χ0) is 24.7. The molecule has 5 rings (SSSR count). The van der Waals surface area contributed by atoms with E-state index in [-0.39, 0.29) is 11.3 Å². The van der Waals surface area contributed by atoms with E-state index >= 15 is 0 Å². The van der Waals surface area contributed by atoms with Crippen LogP contribution in [0, 0.1) is 6.92 Å². The van der Waals surface area contributed by atoms with E-state index < -0.39 is 17.7 Å². The number of aliphatic hydroxyl groups is 1. The number of amides is 1. The van der Waals surface area contributed by atoms with Crippen molar-refractivity contribution in [2.24, 2.45) is 0 Å². The third-order valence-electron chi connectivity index (χ3n) is 6.26. The molecule has 1 aliphatic heterocycles. The molecule has 1 N–H and O–H groups in total. The van der Waals surface area contributed by atoms with Gasteiger partial charge < -0.3 is 9.84 Å². The molecule has 7 heteroatoms. The van der Waals surface area contributed by atoms with E-state index in [0.29, 0.717) is 22.0 Å². The maximum atomic E-state index is 13.4. The number of nitrogens with zero attached hydrogens (tertiary/aromatic N) is 2. The summed E-state index contributed by atoms with van der Waals surface area (Å²) < 4.78 is 6.51. The van der Waals surface area contributed by atoms with Crippen LogP contribution in [0.2, 0.25) is 0 Å². The molecule has 0 radical (unpaired) electrons. The zero-order valence-electron chi connectivity index (χ0n) is 19.6. The molecule has 3 aromatic carbocycles. The van der Waals surface area contributed by atoms with Gasteiger partial charge in [-0.25, -0.2) is 4.98 Å². The lowest BCUT2D eigenvalue weighted by molar-refractivity contribution is -0.132. The van der Waals surface area contributed by atoms with E-state index in [1.54, 1.807) is 24.3 Å². The van der Waals surface area contributed by atoms with Crippen molar-refractivity contribution < 1.29 is 19.4 Å². The highest BCUT2D eigenvalue weighted by atomic mass is 32.1. The molecular weight excluding hydrogens is 460 g/mol. The predicted octanol–water partition coefficient (Wildman–Crippen LogP) is 5.80. The van der Waals surface area contributed by atoms with E-state index in [2.05, 4.69) is 13.0 Å². The predicted molar refractivity (Wildman–Crippen MR) is 138 cm³/mol. The minimum Gasteiger partial charge on any atom is -0.507 e. The summed E-state index contributed by atoms with van der Waals surface area (Å²) in [4.78, 5) is 32.9. The second-order valence-electron chi connectivity index (χ2n) is 8.43. The Balaban J connectivity index is 1.74. The van der Waals surface area contributed by atoms with Crippen LogP contribution in [0.1, 0.15) is 35.2 Å². The fourth-order valence-corrected chi connectivity index (χ4v) is 5.42. The number of carbonyl (C=O) groups excluding carboxylic acids is 2. The molecule has 1 fully saturated rings. The summed E-state index contributed by atoms with van der Waals surface area (Å²) in [6, 6.07) is 19.5. The smallest absolute Gasteiger partial charge is 0.301 e. The Bertz CT molecular complexity index is 1490. The quantitative estimate of drug-likeness (QED) is 0.220. The standard InChI is InChI=1S/C28H24N2O4S/c1-4-17-11-14-20-22(15-17)35-28(29-20)30-24(19-7-5-6-8-21(19)34-3)23(26(32)27(30)33)25(31)18-12-9-16(2)10-13-18/h5-15,24,31H,4H2,1-3H3/b25-23+/t24-/m1/s1. The number of anilines is 1. The monoisotopic (exact) mass is 484 g/mol. The first-order valence-electron chi connectivity index (χ1n) is 11.3. The van der Waals surface area contributed by atoms with E-state index in [1.165, 1.54) is 23.3 Å². The number of ketones is 1. The Labute approximate surface area is 207 Å². The fourth-order valence-electron chi connectivity index (χ4n) is 4.36. The zero-order valence-corrected chi connectivity index (χ0v) is 20.4. The van der Waals surface area contributed by atoms with Crippen LogP contribution < -0.4 is 9.64 Å². The summed E-state index contributed by atoms with van der Waals surface area (Å²) in [6.45, 7) is 4.02. The van der Waals surface area contributed by atoms with Crippen LogP contribution in [0.15, 0.2) is 72.3 Å². The second-order valence-corrected chi connectivity index (χ2v) is 9.44. The molecule has 35 heavy (non-hydrogen) atoms. The van der Waals surface area contributed by atoms with Crippen LogP contribution in [0.25, 0.3) is 16.0 Å². The number of thiazole rings is 1. The van der Waals surface area contributed by atoms with Crippen LogP contribution >= 0.6 is 11.3 Å². The number of hydrogen-bond acceptors (Lipinski definition) is 6. The highest BCUT2D eigenvalue weighted by molar-refractivity contribution is 7.22. The van der Waals surface area contributed by atoms with Gasteiger partial charge in [-0.2, -0.15) is 0 Å². The van der Waals surface area contributed by atoms with Gasteiger partial charge in [-0.3, -0.25) is 14.5 Å². The maximum Gasteiger partial charge on any atom is 0.301 e. The third-order valence-corrected chi connectivity index (χ3v) is 7.28. The summed E-state index contributed by atoms with van der Waals surface area (Å²) in [5, 5.41) is 11.7. The number of fused-ring (bicyclic) bond motifs is 1. The van der Waals surface area contributed by atoms with Crippen molar-refractivity contribution in [1.29, 1.82) is 0 Å². The van der Waals surface area contributed by atoms with Gasteiger partial charge in [0.25, 0.3) is 5.78 Å². The first-order chi connectivity index (χ1) is 16.9. The number of ether oxygens (including phenoxy) is 1. The largest absolute Gasteiger partial charge is 0.507 e. The highest BCUT2D eigenvalue weighted by Gasteiger charge is 2.49. The van der Waals surface area contributed by atoms with Crippen molar-refractivity contribution in [3.05, 3.63) is 94.6 Å². The molecule has 6 nitrogen and oxygen atoms in total. The number of rotatable bonds is 5. The lowest BCUT2D eigenvalue weighted by Gasteiger charge is -2.24. The van der Waals surface area contributed by atoms with Crippen LogP contribution in [-0.4, -0.2) is 28.9 Å². The lowest BCUT2D eigenvalue weighted by atomic mass is 9.94. The van der Waals surface area contributed by atoms with Crippen molar-refractivity contribution in [1.82, 2.24) is 4.98 Å². The molecule has 1 aromatic heterocycles. The Kier molecular flexibility index (Phi) is 5.86. The molecule has 0 saturated carbocycles. The molecule has 0 bridgehead atoms. The van der Waals surface area contributed by atoms with Crippen molar-refractivity contribution in [3.8, 4) is 5.75 Å². The molecule has 1 atom stereocenters. The van der Waals surface area contributed by atoms with Gasteiger partial charge in [0.2, 0.25) is 0 Å². The third kappa shape index (κ3) is 3.88. The minimum absolute atomic E-state index is 0.0110. The molecule has 1 amide bonds. The molecule has 0 unspecified atom stereocenters. The molecule has 0 spiro atoms. The van der Waals surface area contributed by atoms with Gasteiger partial charge in [-0.1, -0.05) is 72.4 Å². The maximum absolute atomic E-state index is 13.4.